The van der Waals surface area contributed by atoms with Crippen LogP contribution in [-0.4, -0.2) is 15.0 Å². The largest absolute Gasteiger partial charge is 0.339 e. The lowest BCUT2D eigenvalue weighted by atomic mass is 10.2. The fourth-order valence-corrected chi connectivity index (χ4v) is 1.92. The Morgan fingerprint density at radius 1 is 1.12 bits per heavy atom. The number of H-pyrrole nitrogens is 1. The topological polar surface area (TPSA) is 41.6 Å². The number of hydrogen-bond donors (Lipinski definition) is 1. The van der Waals surface area contributed by atoms with Crippen molar-refractivity contribution in [2.45, 2.75) is 0 Å². The summed E-state index contributed by atoms with van der Waals surface area (Å²) in [5.74, 6) is -0.514. The second-order valence-electron chi connectivity index (χ2n) is 3.61. The van der Waals surface area contributed by atoms with Crippen molar-refractivity contribution in [3.8, 4) is 11.3 Å². The molecule has 3 rings (SSSR count). The fourth-order valence-electron chi connectivity index (χ4n) is 1.72. The number of nitrogens with one attached hydrogen (secondary N) is 1. The Hall–Kier alpha value is -1.94. The number of pyridine rings is 2. The molecule has 3 heterocycles. The van der Waals surface area contributed by atoms with E-state index in [0.717, 1.165) is 11.1 Å². The second kappa shape index (κ2) is 3.82. The van der Waals surface area contributed by atoms with Gasteiger partial charge in [0.05, 0.1) is 5.02 Å². The lowest BCUT2D eigenvalue weighted by molar-refractivity contribution is 0.584. The molecule has 0 aliphatic rings. The summed E-state index contributed by atoms with van der Waals surface area (Å²) in [6.45, 7) is 0. The zero-order valence-corrected chi connectivity index (χ0v) is 9.37. The maximum Gasteiger partial charge on any atom is 0.213 e. The van der Waals surface area contributed by atoms with E-state index in [9.17, 15) is 4.39 Å². The van der Waals surface area contributed by atoms with Crippen LogP contribution in [0.15, 0.2) is 36.7 Å². The van der Waals surface area contributed by atoms with E-state index in [0.29, 0.717) is 16.2 Å². The van der Waals surface area contributed by atoms with Gasteiger partial charge < -0.3 is 4.98 Å². The highest BCUT2D eigenvalue weighted by atomic mass is 35.5. The van der Waals surface area contributed by atoms with Crippen molar-refractivity contribution in [3.05, 3.63) is 47.6 Å². The minimum atomic E-state index is -0.514. The summed E-state index contributed by atoms with van der Waals surface area (Å²) in [5.41, 5.74) is 2.16. The van der Waals surface area contributed by atoms with Crippen molar-refractivity contribution in [2.75, 3.05) is 0 Å². The molecular weight excluding hydrogens is 241 g/mol. The minimum absolute atomic E-state index is 0.514. The first-order chi connectivity index (χ1) is 8.24. The Labute approximate surface area is 101 Å². The number of nitrogens with zero attached hydrogens (tertiary/aromatic N) is 2. The maximum atomic E-state index is 13.0. The van der Waals surface area contributed by atoms with Crippen LogP contribution in [0.3, 0.4) is 0 Å². The first kappa shape index (κ1) is 10.2. The first-order valence-electron chi connectivity index (χ1n) is 4.99. The van der Waals surface area contributed by atoms with E-state index in [1.807, 2.05) is 6.07 Å². The molecule has 0 aliphatic carbocycles. The molecule has 3 aromatic heterocycles. The Bertz CT molecular complexity index is 693. The summed E-state index contributed by atoms with van der Waals surface area (Å²) in [6, 6.07) is 6.65. The van der Waals surface area contributed by atoms with Crippen LogP contribution in [0.25, 0.3) is 22.3 Å². The smallest absolute Gasteiger partial charge is 0.213 e. The van der Waals surface area contributed by atoms with Crippen LogP contribution in [0.5, 0.6) is 0 Å². The number of rotatable bonds is 1. The van der Waals surface area contributed by atoms with Gasteiger partial charge in [-0.25, -0.2) is 9.97 Å². The van der Waals surface area contributed by atoms with E-state index in [1.165, 1.54) is 12.3 Å². The number of aromatic nitrogens is 3. The van der Waals surface area contributed by atoms with Gasteiger partial charge in [-0.3, -0.25) is 0 Å². The van der Waals surface area contributed by atoms with Crippen LogP contribution in [-0.2, 0) is 0 Å². The van der Waals surface area contributed by atoms with Gasteiger partial charge >= 0.3 is 0 Å². The van der Waals surface area contributed by atoms with E-state index >= 15 is 0 Å². The molecule has 0 amide bonds. The van der Waals surface area contributed by atoms with Gasteiger partial charge in [0.2, 0.25) is 5.95 Å². The Morgan fingerprint density at radius 3 is 2.71 bits per heavy atom. The summed E-state index contributed by atoms with van der Waals surface area (Å²) in [6.07, 6.45) is 3.04. The molecule has 0 spiro atoms. The van der Waals surface area contributed by atoms with Gasteiger partial charge in [-0.15, -0.1) is 0 Å². The summed E-state index contributed by atoms with van der Waals surface area (Å²) in [5, 5.41) is 1.44. The van der Waals surface area contributed by atoms with Crippen molar-refractivity contribution in [1.82, 2.24) is 15.0 Å². The molecule has 0 aliphatic heterocycles. The predicted molar refractivity (Wildman–Crippen MR) is 64.3 cm³/mol. The Kier molecular flexibility index (Phi) is 2.30. The molecule has 0 saturated carbocycles. The normalized spacial score (nSPS) is 10.9. The van der Waals surface area contributed by atoms with Gasteiger partial charge in [0, 0.05) is 35.1 Å². The van der Waals surface area contributed by atoms with Gasteiger partial charge in [0.15, 0.2) is 0 Å². The third kappa shape index (κ3) is 1.76. The monoisotopic (exact) mass is 247 g/mol. The van der Waals surface area contributed by atoms with Crippen LogP contribution in [0.1, 0.15) is 0 Å². The summed E-state index contributed by atoms with van der Waals surface area (Å²) in [7, 11) is 0. The van der Waals surface area contributed by atoms with Gasteiger partial charge in [0.1, 0.15) is 5.65 Å². The van der Waals surface area contributed by atoms with Crippen LogP contribution >= 0.6 is 11.6 Å². The lowest BCUT2D eigenvalue weighted by Gasteiger charge is -1.95. The van der Waals surface area contributed by atoms with E-state index in [2.05, 4.69) is 15.0 Å². The molecule has 17 heavy (non-hydrogen) atoms. The van der Waals surface area contributed by atoms with Gasteiger partial charge in [-0.2, -0.15) is 4.39 Å². The Balaban J connectivity index is 2.22. The predicted octanol–water partition coefficient (Wildman–Crippen LogP) is 3.42. The number of hydrogen-bond acceptors (Lipinski definition) is 2. The molecule has 0 fully saturated rings. The summed E-state index contributed by atoms with van der Waals surface area (Å²) >= 11 is 6.04. The van der Waals surface area contributed by atoms with Crippen LogP contribution in [0, 0.1) is 5.95 Å². The summed E-state index contributed by atoms with van der Waals surface area (Å²) < 4.78 is 13.0. The third-order valence-corrected chi connectivity index (χ3v) is 2.85. The molecule has 0 aromatic carbocycles. The van der Waals surface area contributed by atoms with Gasteiger partial charge in [-0.05, 0) is 18.2 Å². The highest BCUT2D eigenvalue weighted by Gasteiger charge is 2.07. The molecule has 0 atom stereocenters. The third-order valence-electron chi connectivity index (χ3n) is 2.52. The molecule has 0 saturated heterocycles. The molecule has 0 radical (unpaired) electrons. The highest BCUT2D eigenvalue weighted by molar-refractivity contribution is 6.35. The average Bonchev–Trinajstić information content (AvgIpc) is 2.74. The van der Waals surface area contributed by atoms with Crippen LogP contribution in [0.4, 0.5) is 4.39 Å². The molecule has 1 N–H and O–H groups in total. The Morgan fingerprint density at radius 2 is 1.94 bits per heavy atom. The number of halogens is 2. The lowest BCUT2D eigenvalue weighted by Crippen LogP contribution is -1.83. The quantitative estimate of drug-likeness (QED) is 0.670. The molecule has 3 aromatic rings. The second-order valence-corrected chi connectivity index (χ2v) is 4.01. The standard InChI is InChI=1S/C12H7ClFN3/c13-9-2-4-16-12-8(9)6-10(17-12)7-1-3-15-11(14)5-7/h1-6H,(H,16,17). The van der Waals surface area contributed by atoms with Gasteiger partial charge in [0.25, 0.3) is 0 Å². The van der Waals surface area contributed by atoms with E-state index < -0.39 is 5.95 Å². The molecule has 3 nitrogen and oxygen atoms in total. The highest BCUT2D eigenvalue weighted by Crippen LogP contribution is 2.27. The van der Waals surface area contributed by atoms with Crippen molar-refractivity contribution >= 4 is 22.6 Å². The maximum absolute atomic E-state index is 13.0. The van der Waals surface area contributed by atoms with E-state index in [4.69, 9.17) is 11.6 Å². The average molecular weight is 248 g/mol. The fraction of sp³-hybridized carbons (Fsp3) is 0. The van der Waals surface area contributed by atoms with E-state index in [-0.39, 0.29) is 0 Å². The number of fused-ring (bicyclic) bond motifs is 1. The van der Waals surface area contributed by atoms with Crippen molar-refractivity contribution in [2.24, 2.45) is 0 Å². The zero-order chi connectivity index (χ0) is 11.8. The minimum Gasteiger partial charge on any atom is -0.339 e. The van der Waals surface area contributed by atoms with E-state index in [1.54, 1.807) is 18.3 Å². The zero-order valence-electron chi connectivity index (χ0n) is 8.61. The molecule has 84 valence electrons. The number of aromatic amines is 1. The van der Waals surface area contributed by atoms with Crippen molar-refractivity contribution in [1.29, 1.82) is 0 Å². The van der Waals surface area contributed by atoms with Crippen molar-refractivity contribution < 1.29 is 4.39 Å². The van der Waals surface area contributed by atoms with Gasteiger partial charge in [-0.1, -0.05) is 11.6 Å². The first-order valence-corrected chi connectivity index (χ1v) is 5.37. The van der Waals surface area contributed by atoms with Crippen molar-refractivity contribution in [3.63, 3.8) is 0 Å². The molecule has 0 unspecified atom stereocenters. The summed E-state index contributed by atoms with van der Waals surface area (Å²) in [4.78, 5) is 10.8. The van der Waals surface area contributed by atoms with Crippen LogP contribution < -0.4 is 0 Å². The van der Waals surface area contributed by atoms with Crippen LogP contribution in [0.2, 0.25) is 5.02 Å². The SMILES string of the molecule is Fc1cc(-c2cc3c(Cl)ccnc3[nH]2)ccn1. The molecule has 5 heteroatoms. The molecular formula is C12H7ClFN3. The molecule has 0 bridgehead atoms.